The van der Waals surface area contributed by atoms with Gasteiger partial charge in [-0.15, -0.1) is 0 Å². The zero-order chi connectivity index (χ0) is 16.8. The molecule has 5 nitrogen and oxygen atoms in total. The molecule has 1 atom stereocenters. The van der Waals surface area contributed by atoms with Gasteiger partial charge in [0.1, 0.15) is 11.5 Å². The number of pyridine rings is 1. The first-order valence-corrected chi connectivity index (χ1v) is 8.38. The second-order valence-electron chi connectivity index (χ2n) is 6.10. The third-order valence-electron chi connectivity index (χ3n) is 4.28. The van der Waals surface area contributed by atoms with Gasteiger partial charge in [-0.25, -0.2) is 0 Å². The third kappa shape index (κ3) is 3.92. The normalized spacial score (nSPS) is 17.5. The van der Waals surface area contributed by atoms with Crippen LogP contribution in [0.3, 0.4) is 0 Å². The van der Waals surface area contributed by atoms with Crippen LogP contribution in [0.25, 0.3) is 0 Å². The van der Waals surface area contributed by atoms with E-state index in [9.17, 15) is 4.79 Å². The second-order valence-corrected chi connectivity index (χ2v) is 6.10. The van der Waals surface area contributed by atoms with Crippen molar-refractivity contribution in [3.8, 4) is 11.5 Å². The summed E-state index contributed by atoms with van der Waals surface area (Å²) in [5, 5.41) is 3.21. The van der Waals surface area contributed by atoms with Crippen molar-refractivity contribution in [2.45, 2.75) is 12.8 Å². The Balaban J connectivity index is 1.77. The Bertz CT molecular complexity index is 673. The Labute approximate surface area is 142 Å². The van der Waals surface area contributed by atoms with E-state index in [1.165, 1.54) is 6.42 Å². The van der Waals surface area contributed by atoms with E-state index >= 15 is 0 Å². The maximum Gasteiger partial charge on any atom is 0.257 e. The lowest BCUT2D eigenvalue weighted by Gasteiger charge is -2.33. The predicted octanol–water partition coefficient (Wildman–Crippen LogP) is 2.95. The first-order valence-electron chi connectivity index (χ1n) is 8.38. The largest absolute Gasteiger partial charge is 0.455 e. The molecular formula is C19H23N3O2. The van der Waals surface area contributed by atoms with Gasteiger partial charge in [-0.3, -0.25) is 9.78 Å². The number of para-hydroxylation sites is 1. The lowest BCUT2D eigenvalue weighted by Crippen LogP contribution is -2.42. The number of nitrogens with one attached hydrogen (secondary N) is 1. The highest BCUT2D eigenvalue weighted by molar-refractivity contribution is 5.97. The molecule has 1 N–H and O–H groups in total. The van der Waals surface area contributed by atoms with Crippen LogP contribution in [-0.2, 0) is 0 Å². The first kappa shape index (κ1) is 16.5. The van der Waals surface area contributed by atoms with Crippen molar-refractivity contribution in [1.82, 2.24) is 15.2 Å². The van der Waals surface area contributed by atoms with Crippen LogP contribution in [0.5, 0.6) is 11.5 Å². The molecule has 1 fully saturated rings. The topological polar surface area (TPSA) is 54.5 Å². The van der Waals surface area contributed by atoms with Crippen LogP contribution in [0.1, 0.15) is 23.2 Å². The summed E-state index contributed by atoms with van der Waals surface area (Å²) >= 11 is 0. The molecule has 2 aromatic rings. The smallest absolute Gasteiger partial charge is 0.257 e. The molecule has 1 unspecified atom stereocenters. The lowest BCUT2D eigenvalue weighted by molar-refractivity contribution is 0.0671. The Hall–Kier alpha value is -2.40. The molecule has 0 aliphatic carbocycles. The second kappa shape index (κ2) is 7.93. The summed E-state index contributed by atoms with van der Waals surface area (Å²) < 4.78 is 5.87. The Kier molecular flexibility index (Phi) is 5.43. The number of ether oxygens (including phenoxy) is 1. The fraction of sp³-hybridized carbons (Fsp3) is 0.368. The van der Waals surface area contributed by atoms with Crippen LogP contribution in [0.15, 0.2) is 48.8 Å². The molecule has 1 saturated heterocycles. The Morgan fingerprint density at radius 2 is 2.21 bits per heavy atom. The van der Waals surface area contributed by atoms with Crippen LogP contribution in [-0.4, -0.2) is 42.5 Å². The summed E-state index contributed by atoms with van der Waals surface area (Å²) in [6.45, 7) is 2.54. The van der Waals surface area contributed by atoms with Crippen molar-refractivity contribution in [1.29, 1.82) is 0 Å². The third-order valence-corrected chi connectivity index (χ3v) is 4.28. The molecule has 1 aromatic carbocycles. The molecule has 2 heterocycles. The van der Waals surface area contributed by atoms with Crippen LogP contribution >= 0.6 is 0 Å². The number of hydrogen-bond acceptors (Lipinski definition) is 4. The standard InChI is InChI=1S/C19H23N3O2/c1-20-12-15-6-5-11-22(14-15)19(23)17-8-2-3-9-18(17)24-16-7-4-10-21-13-16/h2-4,7-10,13,15,20H,5-6,11-12,14H2,1H3. The summed E-state index contributed by atoms with van der Waals surface area (Å²) in [6.07, 6.45) is 5.55. The molecule has 0 saturated carbocycles. The molecule has 0 radical (unpaired) electrons. The number of hydrogen-bond donors (Lipinski definition) is 1. The summed E-state index contributed by atoms with van der Waals surface area (Å²) in [7, 11) is 1.96. The molecule has 5 heteroatoms. The number of aromatic nitrogens is 1. The zero-order valence-corrected chi connectivity index (χ0v) is 13.9. The van der Waals surface area contributed by atoms with E-state index in [1.54, 1.807) is 12.4 Å². The minimum atomic E-state index is 0.0373. The molecule has 1 aromatic heterocycles. The summed E-state index contributed by atoms with van der Waals surface area (Å²) in [6, 6.07) is 11.1. The van der Waals surface area contributed by atoms with E-state index in [2.05, 4.69) is 10.3 Å². The van der Waals surface area contributed by atoms with E-state index in [-0.39, 0.29) is 5.91 Å². The number of nitrogens with zero attached hydrogens (tertiary/aromatic N) is 2. The fourth-order valence-electron chi connectivity index (χ4n) is 3.14. The van der Waals surface area contributed by atoms with Crippen LogP contribution < -0.4 is 10.1 Å². The number of carbonyl (C=O) groups is 1. The summed E-state index contributed by atoms with van der Waals surface area (Å²) in [5.74, 6) is 1.75. The van der Waals surface area contributed by atoms with E-state index in [4.69, 9.17) is 4.74 Å². The molecule has 0 bridgehead atoms. The Morgan fingerprint density at radius 1 is 1.33 bits per heavy atom. The quantitative estimate of drug-likeness (QED) is 0.918. The maximum atomic E-state index is 13.0. The van der Waals surface area contributed by atoms with Gasteiger partial charge in [0.2, 0.25) is 0 Å². The summed E-state index contributed by atoms with van der Waals surface area (Å²) in [4.78, 5) is 19.0. The van der Waals surface area contributed by atoms with E-state index < -0.39 is 0 Å². The number of likely N-dealkylation sites (tertiary alicyclic amines) is 1. The highest BCUT2D eigenvalue weighted by Crippen LogP contribution is 2.27. The first-order chi connectivity index (χ1) is 11.8. The summed E-state index contributed by atoms with van der Waals surface area (Å²) in [5.41, 5.74) is 0.603. The van der Waals surface area contributed by atoms with Gasteiger partial charge >= 0.3 is 0 Å². The molecule has 24 heavy (non-hydrogen) atoms. The number of piperidine rings is 1. The molecule has 1 aliphatic heterocycles. The van der Waals surface area contributed by atoms with Crippen molar-refractivity contribution in [3.05, 3.63) is 54.4 Å². The number of benzene rings is 1. The van der Waals surface area contributed by atoms with Crippen molar-refractivity contribution >= 4 is 5.91 Å². The van der Waals surface area contributed by atoms with Crippen LogP contribution in [0.2, 0.25) is 0 Å². The van der Waals surface area contributed by atoms with E-state index in [1.807, 2.05) is 48.3 Å². The lowest BCUT2D eigenvalue weighted by atomic mass is 9.97. The van der Waals surface area contributed by atoms with E-state index in [0.29, 0.717) is 23.0 Å². The minimum Gasteiger partial charge on any atom is -0.455 e. The van der Waals surface area contributed by atoms with Crippen molar-refractivity contribution in [2.24, 2.45) is 5.92 Å². The van der Waals surface area contributed by atoms with Gasteiger partial charge in [-0.2, -0.15) is 0 Å². The maximum absolute atomic E-state index is 13.0. The molecule has 1 amide bonds. The molecule has 0 spiro atoms. The SMILES string of the molecule is CNCC1CCCN(C(=O)c2ccccc2Oc2cccnc2)C1. The highest BCUT2D eigenvalue weighted by Gasteiger charge is 2.25. The van der Waals surface area contributed by atoms with Gasteiger partial charge in [0.25, 0.3) is 5.91 Å². The minimum absolute atomic E-state index is 0.0373. The van der Waals surface area contributed by atoms with Gasteiger partial charge in [0.15, 0.2) is 0 Å². The molecule has 126 valence electrons. The highest BCUT2D eigenvalue weighted by atomic mass is 16.5. The van der Waals surface area contributed by atoms with Gasteiger partial charge in [-0.1, -0.05) is 12.1 Å². The number of amides is 1. The van der Waals surface area contributed by atoms with Gasteiger partial charge in [0.05, 0.1) is 11.8 Å². The molecule has 3 rings (SSSR count). The van der Waals surface area contributed by atoms with Gasteiger partial charge < -0.3 is 15.0 Å². The average Bonchev–Trinajstić information content (AvgIpc) is 2.63. The van der Waals surface area contributed by atoms with E-state index in [0.717, 1.165) is 26.1 Å². The van der Waals surface area contributed by atoms with Crippen LogP contribution in [0.4, 0.5) is 0 Å². The molecule has 1 aliphatic rings. The van der Waals surface area contributed by atoms with Crippen molar-refractivity contribution in [2.75, 3.05) is 26.7 Å². The number of carbonyl (C=O) groups excluding carboxylic acids is 1. The predicted molar refractivity (Wildman–Crippen MR) is 93.3 cm³/mol. The Morgan fingerprint density at radius 3 is 3.00 bits per heavy atom. The zero-order valence-electron chi connectivity index (χ0n) is 13.9. The average molecular weight is 325 g/mol. The van der Waals surface area contributed by atoms with Crippen molar-refractivity contribution < 1.29 is 9.53 Å². The fourth-order valence-corrected chi connectivity index (χ4v) is 3.14. The van der Waals surface area contributed by atoms with Crippen molar-refractivity contribution in [3.63, 3.8) is 0 Å². The van der Waals surface area contributed by atoms with Gasteiger partial charge in [-0.05, 0) is 56.6 Å². The van der Waals surface area contributed by atoms with Crippen LogP contribution in [0, 0.1) is 5.92 Å². The monoisotopic (exact) mass is 325 g/mol. The van der Waals surface area contributed by atoms with Gasteiger partial charge in [0, 0.05) is 19.3 Å². The molecular weight excluding hydrogens is 302 g/mol. The number of rotatable bonds is 5.